The number of benzene rings is 1. The maximum atomic E-state index is 12.9. The molecule has 2 fully saturated rings. The third kappa shape index (κ3) is 4.05. The van der Waals surface area contributed by atoms with Crippen LogP contribution < -0.4 is 0 Å². The van der Waals surface area contributed by atoms with Gasteiger partial charge in [-0.2, -0.15) is 0 Å². The molecule has 0 spiro atoms. The fraction of sp³-hybridized carbons (Fsp3) is 0.524. The number of ether oxygens (including phenoxy) is 1. The lowest BCUT2D eigenvalue weighted by Crippen LogP contribution is -2.35. The molecular formula is C21H27N3O2. The molecule has 0 saturated carbocycles. The van der Waals surface area contributed by atoms with Crippen molar-refractivity contribution < 1.29 is 9.53 Å². The smallest absolute Gasteiger partial charge is 0.253 e. The maximum absolute atomic E-state index is 12.9. The Labute approximate surface area is 154 Å². The van der Waals surface area contributed by atoms with Crippen LogP contribution >= 0.6 is 0 Å². The monoisotopic (exact) mass is 353 g/mol. The van der Waals surface area contributed by atoms with Crippen molar-refractivity contribution in [2.45, 2.75) is 19.3 Å². The van der Waals surface area contributed by atoms with Crippen molar-refractivity contribution in [3.05, 3.63) is 42.1 Å². The minimum Gasteiger partial charge on any atom is -0.381 e. The van der Waals surface area contributed by atoms with Gasteiger partial charge in [0.05, 0.1) is 5.52 Å². The van der Waals surface area contributed by atoms with Gasteiger partial charge < -0.3 is 14.5 Å². The zero-order valence-corrected chi connectivity index (χ0v) is 15.3. The maximum Gasteiger partial charge on any atom is 0.253 e. The number of amides is 1. The van der Waals surface area contributed by atoms with Crippen molar-refractivity contribution in [2.75, 3.05) is 45.9 Å². The lowest BCUT2D eigenvalue weighted by Gasteiger charge is -2.23. The van der Waals surface area contributed by atoms with Crippen LogP contribution in [0.2, 0.25) is 0 Å². The largest absolute Gasteiger partial charge is 0.381 e. The van der Waals surface area contributed by atoms with Crippen LogP contribution in [-0.2, 0) is 4.74 Å². The molecule has 4 rings (SSSR count). The van der Waals surface area contributed by atoms with Gasteiger partial charge in [0, 0.05) is 50.0 Å². The van der Waals surface area contributed by atoms with E-state index in [1.165, 1.54) is 12.8 Å². The van der Waals surface area contributed by atoms with E-state index in [0.717, 1.165) is 74.7 Å². The summed E-state index contributed by atoms with van der Waals surface area (Å²) < 4.78 is 5.47. The molecule has 0 bridgehead atoms. The van der Waals surface area contributed by atoms with Crippen LogP contribution in [0.5, 0.6) is 0 Å². The van der Waals surface area contributed by atoms with E-state index < -0.39 is 0 Å². The quantitative estimate of drug-likeness (QED) is 0.848. The number of hydrogen-bond acceptors (Lipinski definition) is 4. The van der Waals surface area contributed by atoms with E-state index in [9.17, 15) is 4.79 Å². The Hall–Kier alpha value is -1.98. The number of carbonyl (C=O) groups excluding carboxylic acids is 1. The van der Waals surface area contributed by atoms with Crippen LogP contribution in [0.4, 0.5) is 0 Å². The highest BCUT2D eigenvalue weighted by Crippen LogP contribution is 2.18. The molecule has 138 valence electrons. The zero-order valence-electron chi connectivity index (χ0n) is 15.3. The van der Waals surface area contributed by atoms with Crippen molar-refractivity contribution in [1.29, 1.82) is 0 Å². The number of rotatable bonds is 4. The average Bonchev–Trinajstić information content (AvgIpc) is 3.09. The highest BCUT2D eigenvalue weighted by atomic mass is 16.5. The van der Waals surface area contributed by atoms with E-state index in [2.05, 4.69) is 9.88 Å². The van der Waals surface area contributed by atoms with Crippen LogP contribution in [0.15, 0.2) is 36.5 Å². The highest BCUT2D eigenvalue weighted by molar-refractivity contribution is 5.97. The summed E-state index contributed by atoms with van der Waals surface area (Å²) in [4.78, 5) is 21.8. The third-order valence-corrected chi connectivity index (χ3v) is 5.60. The molecule has 1 aromatic carbocycles. The predicted octanol–water partition coefficient (Wildman–Crippen LogP) is 2.81. The minimum atomic E-state index is 0.141. The van der Waals surface area contributed by atoms with E-state index in [1.54, 1.807) is 6.20 Å². The van der Waals surface area contributed by atoms with Crippen molar-refractivity contribution in [1.82, 2.24) is 14.8 Å². The molecule has 2 aliphatic rings. The van der Waals surface area contributed by atoms with Crippen molar-refractivity contribution in [2.24, 2.45) is 5.92 Å². The molecule has 1 aromatic heterocycles. The van der Waals surface area contributed by atoms with Crippen molar-refractivity contribution in [3.8, 4) is 0 Å². The molecule has 0 radical (unpaired) electrons. The second-order valence-electron chi connectivity index (χ2n) is 7.42. The first kappa shape index (κ1) is 17.4. The lowest BCUT2D eigenvalue weighted by atomic mass is 10.1. The molecule has 0 N–H and O–H groups in total. The molecule has 1 amide bonds. The first-order valence-electron chi connectivity index (χ1n) is 9.74. The van der Waals surface area contributed by atoms with Gasteiger partial charge in [-0.25, -0.2) is 0 Å². The summed E-state index contributed by atoms with van der Waals surface area (Å²) in [7, 11) is 0. The van der Waals surface area contributed by atoms with Crippen LogP contribution in [0.3, 0.4) is 0 Å². The van der Waals surface area contributed by atoms with Gasteiger partial charge in [-0.3, -0.25) is 9.78 Å². The molecule has 3 heterocycles. The molecule has 2 aromatic rings. The standard InChI is InChI=1S/C21H27N3O2/c25-21(19-4-5-20-18(15-19)3-1-8-22-20)24-10-2-9-23(12-13-24)11-6-17-7-14-26-16-17/h1,3-5,8,15,17H,2,6-7,9-14,16H2. The van der Waals surface area contributed by atoms with E-state index in [0.29, 0.717) is 0 Å². The molecule has 1 unspecified atom stereocenters. The van der Waals surface area contributed by atoms with E-state index in [4.69, 9.17) is 4.74 Å². The van der Waals surface area contributed by atoms with Gasteiger partial charge >= 0.3 is 0 Å². The minimum absolute atomic E-state index is 0.141. The summed E-state index contributed by atoms with van der Waals surface area (Å²) in [5, 5.41) is 1.02. The Morgan fingerprint density at radius 2 is 2.15 bits per heavy atom. The van der Waals surface area contributed by atoms with Gasteiger partial charge in [0.25, 0.3) is 5.91 Å². The number of hydrogen-bond donors (Lipinski definition) is 0. The van der Waals surface area contributed by atoms with Crippen LogP contribution in [0, 0.1) is 5.92 Å². The van der Waals surface area contributed by atoms with Gasteiger partial charge in [0.15, 0.2) is 0 Å². The van der Waals surface area contributed by atoms with Gasteiger partial charge in [0.1, 0.15) is 0 Å². The molecule has 1 atom stereocenters. The summed E-state index contributed by atoms with van der Waals surface area (Å²) in [6.07, 6.45) is 5.24. The summed E-state index contributed by atoms with van der Waals surface area (Å²) in [6.45, 7) is 6.67. The number of aromatic nitrogens is 1. The second-order valence-corrected chi connectivity index (χ2v) is 7.42. The summed E-state index contributed by atoms with van der Waals surface area (Å²) >= 11 is 0. The predicted molar refractivity (Wildman–Crippen MR) is 102 cm³/mol. The number of fused-ring (bicyclic) bond motifs is 1. The Morgan fingerprint density at radius 3 is 3.04 bits per heavy atom. The fourth-order valence-corrected chi connectivity index (χ4v) is 3.96. The summed E-state index contributed by atoms with van der Waals surface area (Å²) in [6, 6.07) is 9.73. The number of carbonyl (C=O) groups is 1. The topological polar surface area (TPSA) is 45.7 Å². The van der Waals surface area contributed by atoms with Crippen molar-refractivity contribution in [3.63, 3.8) is 0 Å². The first-order valence-corrected chi connectivity index (χ1v) is 9.74. The van der Waals surface area contributed by atoms with E-state index in [-0.39, 0.29) is 5.91 Å². The van der Waals surface area contributed by atoms with Gasteiger partial charge in [-0.15, -0.1) is 0 Å². The van der Waals surface area contributed by atoms with Crippen LogP contribution in [0.25, 0.3) is 10.9 Å². The third-order valence-electron chi connectivity index (χ3n) is 5.60. The van der Waals surface area contributed by atoms with Crippen LogP contribution in [0.1, 0.15) is 29.6 Å². The lowest BCUT2D eigenvalue weighted by molar-refractivity contribution is 0.0761. The normalized spacial score (nSPS) is 21.8. The van der Waals surface area contributed by atoms with Gasteiger partial charge in [-0.05, 0) is 62.5 Å². The molecule has 2 saturated heterocycles. The molecule has 5 nitrogen and oxygen atoms in total. The van der Waals surface area contributed by atoms with Crippen LogP contribution in [-0.4, -0.2) is 66.6 Å². The van der Waals surface area contributed by atoms with E-state index >= 15 is 0 Å². The average molecular weight is 353 g/mol. The molecular weight excluding hydrogens is 326 g/mol. The molecule has 0 aliphatic carbocycles. The van der Waals surface area contributed by atoms with E-state index in [1.807, 2.05) is 35.2 Å². The highest BCUT2D eigenvalue weighted by Gasteiger charge is 2.22. The summed E-state index contributed by atoms with van der Waals surface area (Å²) in [5.41, 5.74) is 1.70. The molecule has 2 aliphatic heterocycles. The Kier molecular flexibility index (Phi) is 5.46. The van der Waals surface area contributed by atoms with Gasteiger partial charge in [0.2, 0.25) is 0 Å². The Bertz CT molecular complexity index is 758. The first-order chi connectivity index (χ1) is 12.8. The number of nitrogens with zero attached hydrogens (tertiary/aromatic N) is 3. The fourth-order valence-electron chi connectivity index (χ4n) is 3.96. The summed E-state index contributed by atoms with van der Waals surface area (Å²) in [5.74, 6) is 0.865. The molecule has 5 heteroatoms. The second kappa shape index (κ2) is 8.14. The molecule has 26 heavy (non-hydrogen) atoms. The van der Waals surface area contributed by atoms with Gasteiger partial charge in [-0.1, -0.05) is 6.07 Å². The zero-order chi connectivity index (χ0) is 17.8. The number of pyridine rings is 1. The Morgan fingerprint density at radius 1 is 1.19 bits per heavy atom. The SMILES string of the molecule is O=C(c1ccc2ncccc2c1)N1CCCN(CCC2CCOC2)CC1. The Balaban J connectivity index is 1.35. The van der Waals surface area contributed by atoms with Crippen molar-refractivity contribution >= 4 is 16.8 Å².